The van der Waals surface area contributed by atoms with E-state index in [4.69, 9.17) is 0 Å². The molecule has 2 N–H and O–H groups in total. The Balaban J connectivity index is 1.33. The fourth-order valence-electron chi connectivity index (χ4n) is 3.19. The second kappa shape index (κ2) is 8.16. The molecular weight excluding hydrogens is 336 g/mol. The largest absolute Gasteiger partial charge is 0.383 e. The average Bonchev–Trinajstić information content (AvgIpc) is 3.50. The van der Waals surface area contributed by atoms with Crippen molar-refractivity contribution >= 4 is 23.2 Å². The van der Waals surface area contributed by atoms with Crippen LogP contribution >= 0.6 is 0 Å². The Morgan fingerprint density at radius 1 is 1.04 bits per heavy atom. The van der Waals surface area contributed by atoms with Gasteiger partial charge in [0.25, 0.3) is 5.69 Å². The molecule has 140 valence electrons. The molecule has 1 aliphatic carbocycles. The van der Waals surface area contributed by atoms with Gasteiger partial charge in [-0.2, -0.15) is 0 Å². The molecule has 0 bridgehead atoms. The van der Waals surface area contributed by atoms with E-state index in [0.717, 1.165) is 31.4 Å². The average molecular weight is 360 g/mol. The van der Waals surface area contributed by atoms with E-state index in [0.29, 0.717) is 26.2 Å². The summed E-state index contributed by atoms with van der Waals surface area (Å²) < 4.78 is 0. The van der Waals surface area contributed by atoms with Gasteiger partial charge in [0.15, 0.2) is 0 Å². The van der Waals surface area contributed by atoms with Gasteiger partial charge in [-0.15, -0.1) is 0 Å². The first kappa shape index (κ1) is 18.2. The number of anilines is 1. The van der Waals surface area contributed by atoms with Gasteiger partial charge in [-0.25, -0.2) is 0 Å². The lowest BCUT2D eigenvalue weighted by molar-refractivity contribution is -0.384. The SMILES string of the molecule is O=C(NCCNc1ccc([N+](=O)[O-])cc1)C1CCN(C(=O)C2CC2)CC1. The highest BCUT2D eigenvalue weighted by Crippen LogP contribution is 2.32. The second-order valence-corrected chi connectivity index (χ2v) is 6.90. The zero-order chi connectivity index (χ0) is 18.5. The van der Waals surface area contributed by atoms with Crippen LogP contribution in [-0.2, 0) is 9.59 Å². The molecule has 0 unspecified atom stereocenters. The van der Waals surface area contributed by atoms with E-state index in [9.17, 15) is 19.7 Å². The summed E-state index contributed by atoms with van der Waals surface area (Å²) in [6.45, 7) is 2.38. The van der Waals surface area contributed by atoms with E-state index in [1.165, 1.54) is 12.1 Å². The fraction of sp³-hybridized carbons (Fsp3) is 0.556. The van der Waals surface area contributed by atoms with Crippen molar-refractivity contribution in [3.8, 4) is 0 Å². The number of benzene rings is 1. The van der Waals surface area contributed by atoms with Crippen LogP contribution in [0.3, 0.4) is 0 Å². The highest BCUT2D eigenvalue weighted by atomic mass is 16.6. The van der Waals surface area contributed by atoms with Gasteiger partial charge in [0.2, 0.25) is 11.8 Å². The van der Waals surface area contributed by atoms with Gasteiger partial charge in [0.05, 0.1) is 4.92 Å². The number of hydrogen-bond acceptors (Lipinski definition) is 5. The summed E-state index contributed by atoms with van der Waals surface area (Å²) in [5.41, 5.74) is 0.826. The second-order valence-electron chi connectivity index (χ2n) is 6.90. The first-order valence-corrected chi connectivity index (χ1v) is 9.09. The predicted molar refractivity (Wildman–Crippen MR) is 96.6 cm³/mol. The highest BCUT2D eigenvalue weighted by Gasteiger charge is 2.35. The zero-order valence-corrected chi connectivity index (χ0v) is 14.6. The van der Waals surface area contributed by atoms with Crippen molar-refractivity contribution in [2.75, 3.05) is 31.5 Å². The first-order valence-electron chi connectivity index (χ1n) is 9.09. The Kier molecular flexibility index (Phi) is 5.70. The third-order valence-electron chi connectivity index (χ3n) is 4.94. The van der Waals surface area contributed by atoms with Crippen LogP contribution in [0.2, 0.25) is 0 Å². The number of amides is 2. The number of nitro benzene ring substituents is 1. The molecule has 2 aliphatic rings. The van der Waals surface area contributed by atoms with Crippen LogP contribution in [0.1, 0.15) is 25.7 Å². The third kappa shape index (κ3) is 4.71. The van der Waals surface area contributed by atoms with Crippen molar-refractivity contribution in [1.29, 1.82) is 0 Å². The van der Waals surface area contributed by atoms with Crippen LogP contribution in [0.25, 0.3) is 0 Å². The predicted octanol–water partition coefficient (Wildman–Crippen LogP) is 1.77. The maximum Gasteiger partial charge on any atom is 0.269 e. The zero-order valence-electron chi connectivity index (χ0n) is 14.6. The summed E-state index contributed by atoms with van der Waals surface area (Å²) in [7, 11) is 0. The Morgan fingerprint density at radius 3 is 2.27 bits per heavy atom. The molecule has 0 radical (unpaired) electrons. The number of hydrogen-bond donors (Lipinski definition) is 2. The fourth-order valence-corrected chi connectivity index (χ4v) is 3.19. The van der Waals surface area contributed by atoms with Gasteiger partial charge in [0.1, 0.15) is 0 Å². The van der Waals surface area contributed by atoms with Crippen LogP contribution in [0.15, 0.2) is 24.3 Å². The molecule has 1 aliphatic heterocycles. The number of non-ortho nitro benzene ring substituents is 1. The standard InChI is InChI=1S/C18H24N4O4/c23-17(13-7-11-21(12-8-13)18(24)14-1-2-14)20-10-9-19-15-3-5-16(6-4-15)22(25)26/h3-6,13-14,19H,1-2,7-12H2,(H,20,23). The lowest BCUT2D eigenvalue weighted by Gasteiger charge is -2.31. The minimum absolute atomic E-state index is 0.0300. The van der Waals surface area contributed by atoms with E-state index in [-0.39, 0.29) is 29.3 Å². The molecule has 0 atom stereocenters. The summed E-state index contributed by atoms with van der Waals surface area (Å²) in [5, 5.41) is 16.6. The van der Waals surface area contributed by atoms with E-state index >= 15 is 0 Å². The number of nitro groups is 1. The van der Waals surface area contributed by atoms with Crippen LogP contribution in [0.4, 0.5) is 11.4 Å². The van der Waals surface area contributed by atoms with Gasteiger partial charge in [-0.3, -0.25) is 19.7 Å². The van der Waals surface area contributed by atoms with E-state index in [1.807, 2.05) is 4.90 Å². The molecule has 8 heteroatoms. The van der Waals surface area contributed by atoms with Gasteiger partial charge in [-0.1, -0.05) is 0 Å². The summed E-state index contributed by atoms with van der Waals surface area (Å²) in [6.07, 6.45) is 3.47. The Bertz CT molecular complexity index is 664. The molecule has 2 amide bonds. The monoisotopic (exact) mass is 360 g/mol. The topological polar surface area (TPSA) is 105 Å². The maximum atomic E-state index is 12.2. The molecule has 1 saturated carbocycles. The number of piperidine rings is 1. The molecule has 26 heavy (non-hydrogen) atoms. The number of rotatable bonds is 7. The number of carbonyl (C=O) groups excluding carboxylic acids is 2. The van der Waals surface area contributed by atoms with Crippen molar-refractivity contribution in [3.05, 3.63) is 34.4 Å². The molecule has 0 aromatic heterocycles. The number of carbonyl (C=O) groups is 2. The highest BCUT2D eigenvalue weighted by molar-refractivity contribution is 5.82. The lowest BCUT2D eigenvalue weighted by Crippen LogP contribution is -2.44. The van der Waals surface area contributed by atoms with Crippen molar-refractivity contribution in [1.82, 2.24) is 10.2 Å². The van der Waals surface area contributed by atoms with Crippen LogP contribution in [0.5, 0.6) is 0 Å². The van der Waals surface area contributed by atoms with Crippen LogP contribution < -0.4 is 10.6 Å². The summed E-state index contributed by atoms with van der Waals surface area (Å²) in [4.78, 5) is 36.3. The van der Waals surface area contributed by atoms with E-state index in [2.05, 4.69) is 10.6 Å². The van der Waals surface area contributed by atoms with Crippen molar-refractivity contribution in [2.45, 2.75) is 25.7 Å². The smallest absolute Gasteiger partial charge is 0.269 e. The third-order valence-corrected chi connectivity index (χ3v) is 4.94. The van der Waals surface area contributed by atoms with Crippen LogP contribution in [0, 0.1) is 22.0 Å². The quantitative estimate of drug-likeness (QED) is 0.438. The maximum absolute atomic E-state index is 12.2. The molecule has 0 spiro atoms. The molecule has 1 saturated heterocycles. The number of nitrogens with one attached hydrogen (secondary N) is 2. The molecule has 1 aromatic carbocycles. The summed E-state index contributed by atoms with van der Waals surface area (Å²) >= 11 is 0. The minimum atomic E-state index is -0.437. The number of nitrogens with zero attached hydrogens (tertiary/aromatic N) is 2. The Hall–Kier alpha value is -2.64. The van der Waals surface area contributed by atoms with Crippen LogP contribution in [-0.4, -0.2) is 47.8 Å². The van der Waals surface area contributed by atoms with Crippen molar-refractivity contribution in [2.24, 2.45) is 11.8 Å². The molecular formula is C18H24N4O4. The summed E-state index contributed by atoms with van der Waals surface area (Å²) in [6, 6.07) is 6.17. The van der Waals surface area contributed by atoms with Gasteiger partial charge >= 0.3 is 0 Å². The van der Waals surface area contributed by atoms with E-state index in [1.54, 1.807) is 12.1 Å². The van der Waals surface area contributed by atoms with Gasteiger partial charge in [-0.05, 0) is 37.8 Å². The molecule has 1 heterocycles. The van der Waals surface area contributed by atoms with Gasteiger partial charge < -0.3 is 15.5 Å². The molecule has 3 rings (SSSR count). The first-order chi connectivity index (χ1) is 12.5. The Labute approximate surface area is 152 Å². The normalized spacial score (nSPS) is 17.6. The molecule has 2 fully saturated rings. The van der Waals surface area contributed by atoms with E-state index < -0.39 is 4.92 Å². The number of likely N-dealkylation sites (tertiary alicyclic amines) is 1. The lowest BCUT2D eigenvalue weighted by atomic mass is 9.95. The van der Waals surface area contributed by atoms with Crippen molar-refractivity contribution in [3.63, 3.8) is 0 Å². The molecule has 8 nitrogen and oxygen atoms in total. The minimum Gasteiger partial charge on any atom is -0.383 e. The van der Waals surface area contributed by atoms with Crippen molar-refractivity contribution < 1.29 is 14.5 Å². The summed E-state index contributed by atoms with van der Waals surface area (Å²) in [5.74, 6) is 0.508. The van der Waals surface area contributed by atoms with Gasteiger partial charge in [0, 0.05) is 55.8 Å². The Morgan fingerprint density at radius 2 is 1.69 bits per heavy atom. The molecule has 1 aromatic rings.